The molecule has 0 unspecified atom stereocenters. The Hall–Kier alpha value is -1.10. The van der Waals surface area contributed by atoms with Crippen LogP contribution in [0, 0.1) is 0 Å². The number of hydrogen-bond donors (Lipinski definition) is 1. The van der Waals surface area contributed by atoms with Crippen LogP contribution in [-0.2, 0) is 10.5 Å². The van der Waals surface area contributed by atoms with E-state index in [4.69, 9.17) is 11.6 Å². The first kappa shape index (κ1) is 18.2. The number of nitrogens with one attached hydrogen (secondary N) is 1. The molecule has 0 saturated heterocycles. The Bertz CT molecular complexity index is 646. The molecule has 0 radical (unpaired) electrons. The third kappa shape index (κ3) is 5.79. The predicted molar refractivity (Wildman–Crippen MR) is 102 cm³/mol. The highest BCUT2D eigenvalue weighted by atomic mass is 35.5. The van der Waals surface area contributed by atoms with Gasteiger partial charge in [-0.2, -0.15) is 0 Å². The van der Waals surface area contributed by atoms with Crippen molar-refractivity contribution >= 4 is 41.0 Å². The number of carbonyl (C=O) groups is 1. The molecule has 23 heavy (non-hydrogen) atoms. The van der Waals surface area contributed by atoms with Crippen molar-refractivity contribution in [2.75, 3.05) is 12.0 Å². The van der Waals surface area contributed by atoms with Gasteiger partial charge >= 0.3 is 0 Å². The highest BCUT2D eigenvalue weighted by Gasteiger charge is 2.12. The largest absolute Gasteiger partial charge is 0.349 e. The van der Waals surface area contributed by atoms with Crippen molar-refractivity contribution in [1.82, 2.24) is 5.32 Å². The molecule has 5 heteroatoms. The topological polar surface area (TPSA) is 29.1 Å². The van der Waals surface area contributed by atoms with Crippen LogP contribution in [0.1, 0.15) is 24.1 Å². The molecular formula is C18H20ClNOS2. The number of thioether (sulfide) groups is 2. The Morgan fingerprint density at radius 3 is 2.52 bits per heavy atom. The second kappa shape index (κ2) is 9.26. The Labute approximate surface area is 151 Å². The molecular weight excluding hydrogens is 346 g/mol. The summed E-state index contributed by atoms with van der Waals surface area (Å²) in [4.78, 5) is 13.3. The molecule has 2 aromatic carbocycles. The van der Waals surface area contributed by atoms with Gasteiger partial charge in [-0.15, -0.1) is 23.5 Å². The number of amides is 1. The molecule has 0 aliphatic carbocycles. The molecule has 2 rings (SSSR count). The molecule has 0 heterocycles. The third-order valence-corrected chi connectivity index (χ3v) is 5.50. The second-order valence-electron chi connectivity index (χ2n) is 5.15. The van der Waals surface area contributed by atoms with Crippen LogP contribution in [0.4, 0.5) is 0 Å². The van der Waals surface area contributed by atoms with Crippen LogP contribution in [0.3, 0.4) is 0 Å². The van der Waals surface area contributed by atoms with E-state index in [9.17, 15) is 4.79 Å². The van der Waals surface area contributed by atoms with Crippen LogP contribution >= 0.6 is 35.1 Å². The molecule has 0 aromatic heterocycles. The summed E-state index contributed by atoms with van der Waals surface area (Å²) in [5, 5.41) is 3.68. The normalized spacial score (nSPS) is 12.0. The summed E-state index contributed by atoms with van der Waals surface area (Å²) in [5.41, 5.74) is 2.18. The van der Waals surface area contributed by atoms with E-state index in [1.54, 1.807) is 23.5 Å². The van der Waals surface area contributed by atoms with E-state index >= 15 is 0 Å². The first-order chi connectivity index (χ1) is 11.1. The van der Waals surface area contributed by atoms with Gasteiger partial charge < -0.3 is 5.32 Å². The highest BCUT2D eigenvalue weighted by molar-refractivity contribution is 7.99. The van der Waals surface area contributed by atoms with E-state index < -0.39 is 0 Å². The fourth-order valence-electron chi connectivity index (χ4n) is 2.17. The van der Waals surface area contributed by atoms with Crippen LogP contribution in [0.25, 0.3) is 0 Å². The van der Waals surface area contributed by atoms with E-state index in [1.165, 1.54) is 10.5 Å². The Morgan fingerprint density at radius 1 is 1.17 bits per heavy atom. The second-order valence-corrected chi connectivity index (χ2v) is 7.42. The molecule has 122 valence electrons. The first-order valence-electron chi connectivity index (χ1n) is 7.34. The highest BCUT2D eigenvalue weighted by Crippen LogP contribution is 2.22. The van der Waals surface area contributed by atoms with Gasteiger partial charge in [0, 0.05) is 15.7 Å². The summed E-state index contributed by atoms with van der Waals surface area (Å²) in [7, 11) is 0. The summed E-state index contributed by atoms with van der Waals surface area (Å²) >= 11 is 9.50. The molecule has 2 nitrogen and oxygen atoms in total. The fourth-order valence-corrected chi connectivity index (χ4v) is 3.68. The lowest BCUT2D eigenvalue weighted by atomic mass is 10.1. The van der Waals surface area contributed by atoms with Crippen molar-refractivity contribution in [3.63, 3.8) is 0 Å². The molecule has 2 aromatic rings. The smallest absolute Gasteiger partial charge is 0.230 e. The van der Waals surface area contributed by atoms with Crippen molar-refractivity contribution in [3.05, 3.63) is 64.7 Å². The SMILES string of the molecule is CSc1ccc(CSCC(=O)N[C@H](C)c2ccccc2Cl)cc1. The number of halogens is 1. The molecule has 0 spiro atoms. The third-order valence-electron chi connectivity index (χ3n) is 3.41. The van der Waals surface area contributed by atoms with Crippen molar-refractivity contribution < 1.29 is 4.79 Å². The van der Waals surface area contributed by atoms with Crippen molar-refractivity contribution in [1.29, 1.82) is 0 Å². The molecule has 0 aliphatic rings. The van der Waals surface area contributed by atoms with Gasteiger partial charge in [-0.3, -0.25) is 4.79 Å². The van der Waals surface area contributed by atoms with Gasteiger partial charge in [-0.05, 0) is 42.5 Å². The van der Waals surface area contributed by atoms with Crippen molar-refractivity contribution in [3.8, 4) is 0 Å². The van der Waals surface area contributed by atoms with E-state index in [2.05, 4.69) is 35.8 Å². The van der Waals surface area contributed by atoms with E-state index in [0.29, 0.717) is 10.8 Å². The summed E-state index contributed by atoms with van der Waals surface area (Å²) in [6.07, 6.45) is 2.06. The van der Waals surface area contributed by atoms with Crippen molar-refractivity contribution in [2.24, 2.45) is 0 Å². The van der Waals surface area contributed by atoms with Crippen LogP contribution < -0.4 is 5.32 Å². The number of rotatable bonds is 7. The predicted octanol–water partition coefficient (Wildman–Crippen LogP) is 5.17. The number of carbonyl (C=O) groups excluding carboxylic acids is 1. The van der Waals surface area contributed by atoms with E-state index in [1.807, 2.05) is 31.2 Å². The Balaban J connectivity index is 1.77. The summed E-state index contributed by atoms with van der Waals surface area (Å²) in [6.45, 7) is 1.95. The minimum atomic E-state index is -0.0855. The Morgan fingerprint density at radius 2 is 1.87 bits per heavy atom. The van der Waals surface area contributed by atoms with Crippen molar-refractivity contribution in [2.45, 2.75) is 23.6 Å². The standard InChI is InChI=1S/C18H20ClNOS2/c1-13(16-5-3-4-6-17(16)19)20-18(21)12-23-11-14-7-9-15(22-2)10-8-14/h3-10,13H,11-12H2,1-2H3,(H,20,21)/t13-/m1/s1. The van der Waals surface area contributed by atoms with Gasteiger partial charge in [0.25, 0.3) is 0 Å². The average Bonchev–Trinajstić information content (AvgIpc) is 2.55. The summed E-state index contributed by atoms with van der Waals surface area (Å²) in [6, 6.07) is 16.0. The molecule has 0 aliphatic heterocycles. The van der Waals surface area contributed by atoms with Gasteiger partial charge in [0.2, 0.25) is 5.91 Å². The molecule has 1 amide bonds. The maximum Gasteiger partial charge on any atom is 0.230 e. The summed E-state index contributed by atoms with van der Waals surface area (Å²) in [5.74, 6) is 1.31. The zero-order valence-corrected chi connectivity index (χ0v) is 15.6. The maximum atomic E-state index is 12.1. The molecule has 1 N–H and O–H groups in total. The van der Waals surface area contributed by atoms with Crippen LogP contribution in [0.2, 0.25) is 5.02 Å². The first-order valence-corrected chi connectivity index (χ1v) is 10.1. The monoisotopic (exact) mass is 365 g/mol. The average molecular weight is 366 g/mol. The van der Waals surface area contributed by atoms with Gasteiger partial charge in [-0.1, -0.05) is 41.9 Å². The Kier molecular flexibility index (Phi) is 7.34. The fraction of sp³-hybridized carbons (Fsp3) is 0.278. The number of benzene rings is 2. The van der Waals surface area contributed by atoms with Crippen LogP contribution in [-0.4, -0.2) is 17.9 Å². The van der Waals surface area contributed by atoms with Gasteiger partial charge in [-0.25, -0.2) is 0 Å². The minimum Gasteiger partial charge on any atom is -0.349 e. The lowest BCUT2D eigenvalue weighted by Crippen LogP contribution is -2.28. The maximum absolute atomic E-state index is 12.1. The van der Waals surface area contributed by atoms with Gasteiger partial charge in [0.15, 0.2) is 0 Å². The minimum absolute atomic E-state index is 0.0307. The lowest BCUT2D eigenvalue weighted by molar-refractivity contribution is -0.119. The van der Waals surface area contributed by atoms with Crippen LogP contribution in [0.5, 0.6) is 0 Å². The molecule has 0 saturated carbocycles. The molecule has 1 atom stereocenters. The number of hydrogen-bond acceptors (Lipinski definition) is 3. The zero-order valence-electron chi connectivity index (χ0n) is 13.2. The van der Waals surface area contributed by atoms with E-state index in [0.717, 1.165) is 11.3 Å². The van der Waals surface area contributed by atoms with Gasteiger partial charge in [0.1, 0.15) is 0 Å². The quantitative estimate of drug-likeness (QED) is 0.686. The molecule has 0 fully saturated rings. The van der Waals surface area contributed by atoms with Crippen LogP contribution in [0.15, 0.2) is 53.4 Å². The van der Waals surface area contributed by atoms with E-state index in [-0.39, 0.29) is 11.9 Å². The molecule has 0 bridgehead atoms. The lowest BCUT2D eigenvalue weighted by Gasteiger charge is -2.15. The van der Waals surface area contributed by atoms with Gasteiger partial charge in [0.05, 0.1) is 11.8 Å². The summed E-state index contributed by atoms with van der Waals surface area (Å²) < 4.78 is 0. The zero-order chi connectivity index (χ0) is 16.7.